The van der Waals surface area contributed by atoms with Crippen LogP contribution in [-0.2, 0) is 19.1 Å². The molecular weight excluding hydrogens is 586 g/mol. The molecule has 14 heteroatoms. The van der Waals surface area contributed by atoms with Crippen molar-refractivity contribution in [1.82, 2.24) is 20.2 Å². The van der Waals surface area contributed by atoms with Gasteiger partial charge in [0.25, 0.3) is 0 Å². The highest BCUT2D eigenvalue weighted by Gasteiger charge is 2.34. The molecule has 2 unspecified atom stereocenters. The quantitative estimate of drug-likeness (QED) is 0.0663. The van der Waals surface area contributed by atoms with Crippen LogP contribution < -0.4 is 15.5 Å². The maximum atomic E-state index is 12.7. The second-order valence-electron chi connectivity index (χ2n) is 10.4. The topological polar surface area (TPSA) is 172 Å². The number of ketones is 1. The Balaban J connectivity index is 1.57. The molecule has 0 aliphatic heterocycles. The zero-order chi connectivity index (χ0) is 32.1. The molecule has 0 aliphatic rings. The predicted octanol–water partition coefficient (Wildman–Crippen LogP) is 5.36. The number of tetrazole rings is 1. The van der Waals surface area contributed by atoms with Crippen LogP contribution in [0, 0.1) is 10.7 Å². The van der Waals surface area contributed by atoms with Crippen LogP contribution in [0.1, 0.15) is 58.8 Å². The zero-order valence-corrected chi connectivity index (χ0v) is 25.9. The smallest absolute Gasteiger partial charge is 0.326 e. The summed E-state index contributed by atoms with van der Waals surface area (Å²) in [6, 6.07) is 11.8. The van der Waals surface area contributed by atoms with Gasteiger partial charge in [-0.05, 0) is 74.4 Å². The number of benzene rings is 2. The van der Waals surface area contributed by atoms with Crippen LogP contribution in [0.25, 0.3) is 5.69 Å². The second-order valence-corrected chi connectivity index (χ2v) is 10.8. The number of likely N-dealkylation sites (N-methyl/N-ethyl adjacent to an activating group) is 1. The van der Waals surface area contributed by atoms with Crippen LogP contribution in [0.2, 0.25) is 0 Å². The standard InChI is InChI=1S/C30H39N7O6S/c1-4-5-6-7-8-9-17-43-28(41)25(20(2)38)19-26(27(39)40)36(3)23-15-13-21(14-16-23)31-29(42)32-22-11-10-12-24(18-22)37-30(44)33-34-35-37/h10-16,18,25-26H,4-9,17,19H2,1-3H3,(H,39,40)(H2,31,32,42)(H,33,35,44). The highest BCUT2D eigenvalue weighted by atomic mass is 32.1. The highest BCUT2D eigenvalue weighted by Crippen LogP contribution is 2.24. The van der Waals surface area contributed by atoms with Crippen molar-refractivity contribution in [1.29, 1.82) is 0 Å². The van der Waals surface area contributed by atoms with E-state index in [2.05, 4.69) is 33.1 Å². The van der Waals surface area contributed by atoms with Crippen LogP contribution in [0.15, 0.2) is 48.5 Å². The minimum absolute atomic E-state index is 0.200. The molecule has 3 aromatic rings. The number of carbonyl (C=O) groups excluding carboxylic acids is 3. The number of carbonyl (C=O) groups is 4. The van der Waals surface area contributed by atoms with Gasteiger partial charge in [0.1, 0.15) is 17.7 Å². The summed E-state index contributed by atoms with van der Waals surface area (Å²) in [7, 11) is 1.57. The third-order valence-electron chi connectivity index (χ3n) is 7.10. The number of unbranched alkanes of at least 4 members (excludes halogenated alkanes) is 5. The SMILES string of the molecule is CCCCCCCCOC(=O)C(CC(C(=O)O)N(C)c1ccc(NC(=O)Nc2cccc(-n3[nH]nnc3=S)c2)cc1)C(C)=O. The first kappa shape index (κ1) is 33.9. The number of rotatable bonds is 17. The van der Waals surface area contributed by atoms with E-state index in [-0.39, 0.29) is 17.8 Å². The minimum atomic E-state index is -1.19. The number of H-pyrrole nitrogens is 1. The van der Waals surface area contributed by atoms with Gasteiger partial charge in [-0.1, -0.05) is 55.4 Å². The number of nitrogens with one attached hydrogen (secondary N) is 3. The lowest BCUT2D eigenvalue weighted by molar-refractivity contribution is -0.152. The van der Waals surface area contributed by atoms with Crippen molar-refractivity contribution >= 4 is 53.0 Å². The Kier molecular flexibility index (Phi) is 13.0. The monoisotopic (exact) mass is 625 g/mol. The molecule has 13 nitrogen and oxygen atoms in total. The molecule has 0 aliphatic carbocycles. The number of aromatic nitrogens is 4. The lowest BCUT2D eigenvalue weighted by Gasteiger charge is -2.29. The fourth-order valence-corrected chi connectivity index (χ4v) is 4.76. The Hall–Kier alpha value is -4.59. The molecule has 0 spiro atoms. The Morgan fingerprint density at radius 2 is 1.70 bits per heavy atom. The molecule has 2 aromatic carbocycles. The van der Waals surface area contributed by atoms with E-state index in [0.717, 1.165) is 25.7 Å². The summed E-state index contributed by atoms with van der Waals surface area (Å²) >= 11 is 5.11. The third-order valence-corrected chi connectivity index (χ3v) is 7.36. The summed E-state index contributed by atoms with van der Waals surface area (Å²) in [6.07, 6.45) is 5.89. The van der Waals surface area contributed by atoms with Crippen molar-refractivity contribution in [3.63, 3.8) is 0 Å². The van der Waals surface area contributed by atoms with Gasteiger partial charge < -0.3 is 25.4 Å². The first-order chi connectivity index (χ1) is 21.1. The molecule has 2 atom stereocenters. The van der Waals surface area contributed by atoms with E-state index in [1.54, 1.807) is 55.6 Å². The van der Waals surface area contributed by atoms with Gasteiger partial charge in [-0.25, -0.2) is 14.3 Å². The van der Waals surface area contributed by atoms with Gasteiger partial charge in [-0.2, -0.15) is 5.21 Å². The number of hydrogen-bond donors (Lipinski definition) is 4. The van der Waals surface area contributed by atoms with Gasteiger partial charge in [-0.15, -0.1) is 0 Å². The van der Waals surface area contributed by atoms with Crippen LogP contribution in [0.5, 0.6) is 0 Å². The molecule has 1 heterocycles. The molecule has 1 aromatic heterocycles. The molecule has 3 rings (SSSR count). The van der Waals surface area contributed by atoms with Gasteiger partial charge in [0, 0.05) is 24.1 Å². The molecule has 0 radical (unpaired) electrons. The van der Waals surface area contributed by atoms with Crippen molar-refractivity contribution in [3.8, 4) is 5.69 Å². The number of esters is 1. The fourth-order valence-electron chi connectivity index (χ4n) is 4.57. The molecule has 0 saturated heterocycles. The summed E-state index contributed by atoms with van der Waals surface area (Å²) in [5, 5.41) is 25.5. The minimum Gasteiger partial charge on any atom is -0.480 e. The average Bonchev–Trinajstić information content (AvgIpc) is 3.42. The van der Waals surface area contributed by atoms with Crippen LogP contribution in [0.4, 0.5) is 21.9 Å². The molecule has 2 amide bonds. The van der Waals surface area contributed by atoms with E-state index in [0.29, 0.717) is 29.2 Å². The summed E-state index contributed by atoms with van der Waals surface area (Å²) < 4.78 is 7.05. The number of Topliss-reactive ketones (excluding diaryl/α,β-unsaturated/α-hetero) is 1. The largest absolute Gasteiger partial charge is 0.480 e. The Labute approximate surface area is 261 Å². The number of carboxylic acids is 1. The number of aromatic amines is 1. The Morgan fingerprint density at radius 1 is 1.02 bits per heavy atom. The molecule has 0 fully saturated rings. The van der Waals surface area contributed by atoms with Gasteiger partial charge in [0.15, 0.2) is 0 Å². The Morgan fingerprint density at radius 3 is 2.34 bits per heavy atom. The van der Waals surface area contributed by atoms with Gasteiger partial charge >= 0.3 is 18.0 Å². The van der Waals surface area contributed by atoms with Crippen LogP contribution >= 0.6 is 12.2 Å². The van der Waals surface area contributed by atoms with Crippen molar-refractivity contribution < 1.29 is 29.0 Å². The number of aliphatic carboxylic acids is 1. The summed E-state index contributed by atoms with van der Waals surface area (Å²) in [6.45, 7) is 3.61. The third kappa shape index (κ3) is 10.0. The predicted molar refractivity (Wildman–Crippen MR) is 169 cm³/mol. The van der Waals surface area contributed by atoms with Crippen LogP contribution in [-0.4, -0.2) is 68.8 Å². The number of ether oxygens (including phenoxy) is 1. The first-order valence-electron chi connectivity index (χ1n) is 14.5. The van der Waals surface area contributed by atoms with Gasteiger partial charge in [-0.3, -0.25) is 9.59 Å². The van der Waals surface area contributed by atoms with Crippen molar-refractivity contribution in [2.45, 2.75) is 64.8 Å². The average molecular weight is 626 g/mol. The van der Waals surface area contributed by atoms with E-state index in [1.165, 1.54) is 22.9 Å². The van der Waals surface area contributed by atoms with E-state index in [1.807, 2.05) is 0 Å². The fraction of sp³-hybridized carbons (Fsp3) is 0.433. The second kappa shape index (κ2) is 16.9. The van der Waals surface area contributed by atoms with Crippen molar-refractivity contribution in [3.05, 3.63) is 53.3 Å². The summed E-state index contributed by atoms with van der Waals surface area (Å²) in [5.41, 5.74) is 2.12. The van der Waals surface area contributed by atoms with E-state index >= 15 is 0 Å². The molecule has 0 bridgehead atoms. The zero-order valence-electron chi connectivity index (χ0n) is 25.1. The first-order valence-corrected chi connectivity index (χ1v) is 14.9. The van der Waals surface area contributed by atoms with Gasteiger partial charge in [0.05, 0.1) is 12.3 Å². The van der Waals surface area contributed by atoms with Crippen molar-refractivity contribution in [2.75, 3.05) is 29.2 Å². The molecular formula is C30H39N7O6S. The lowest BCUT2D eigenvalue weighted by Crippen LogP contribution is -2.42. The number of carboxylic acid groups (broad SMARTS) is 1. The molecule has 236 valence electrons. The van der Waals surface area contributed by atoms with E-state index in [4.69, 9.17) is 17.0 Å². The van der Waals surface area contributed by atoms with E-state index < -0.39 is 35.7 Å². The van der Waals surface area contributed by atoms with Crippen LogP contribution in [0.3, 0.4) is 0 Å². The maximum Gasteiger partial charge on any atom is 0.326 e. The number of amides is 2. The lowest BCUT2D eigenvalue weighted by atomic mass is 9.95. The number of anilines is 3. The van der Waals surface area contributed by atoms with E-state index in [9.17, 15) is 24.3 Å². The summed E-state index contributed by atoms with van der Waals surface area (Å²) in [5.74, 6) is -3.52. The highest BCUT2D eigenvalue weighted by molar-refractivity contribution is 7.71. The molecule has 0 saturated carbocycles. The number of urea groups is 1. The molecule has 44 heavy (non-hydrogen) atoms. The summed E-state index contributed by atoms with van der Waals surface area (Å²) in [4.78, 5) is 51.3. The van der Waals surface area contributed by atoms with Crippen molar-refractivity contribution in [2.24, 2.45) is 5.92 Å². The maximum absolute atomic E-state index is 12.7. The van der Waals surface area contributed by atoms with Gasteiger partial charge in [0.2, 0.25) is 4.77 Å². The number of nitrogens with zero attached hydrogens (tertiary/aromatic N) is 4. The Bertz CT molecular complexity index is 1470. The number of hydrogen-bond acceptors (Lipinski definition) is 9. The molecule has 4 N–H and O–H groups in total. The normalized spacial score (nSPS) is 12.2.